The van der Waals surface area contributed by atoms with Gasteiger partial charge in [-0.2, -0.15) is 0 Å². The van der Waals surface area contributed by atoms with Gasteiger partial charge in [-0.1, -0.05) is 30.3 Å². The van der Waals surface area contributed by atoms with Crippen molar-refractivity contribution >= 4 is 32.8 Å². The maximum absolute atomic E-state index is 11.0. The van der Waals surface area contributed by atoms with Crippen LogP contribution in [0.2, 0.25) is 0 Å². The fourth-order valence-electron chi connectivity index (χ4n) is 2.33. The molecule has 0 saturated heterocycles. The number of rotatable bonds is 3. The van der Waals surface area contributed by atoms with E-state index in [2.05, 4.69) is 32.6 Å². The van der Waals surface area contributed by atoms with Crippen LogP contribution in [0.3, 0.4) is 0 Å². The molecule has 0 fully saturated rings. The van der Waals surface area contributed by atoms with Gasteiger partial charge in [-0.05, 0) is 39.7 Å². The Labute approximate surface area is 124 Å². The molecule has 20 heavy (non-hydrogen) atoms. The van der Waals surface area contributed by atoms with E-state index in [9.17, 15) is 4.79 Å². The minimum Gasteiger partial charge on any atom is -0.478 e. The second-order valence-corrected chi connectivity index (χ2v) is 5.48. The zero-order chi connectivity index (χ0) is 14.1. The topological polar surface area (TPSA) is 42.2 Å². The first kappa shape index (κ1) is 12.9. The van der Waals surface area contributed by atoms with Crippen molar-refractivity contribution in [3.05, 3.63) is 70.3 Å². The average Bonchev–Trinajstić information content (AvgIpc) is 2.76. The van der Waals surface area contributed by atoms with Crippen LogP contribution in [0.25, 0.3) is 10.9 Å². The summed E-state index contributed by atoms with van der Waals surface area (Å²) in [5.74, 6) is -0.898. The molecule has 0 amide bonds. The maximum Gasteiger partial charge on any atom is 0.335 e. The number of hydrogen-bond acceptors (Lipinski definition) is 1. The Kier molecular flexibility index (Phi) is 3.32. The Morgan fingerprint density at radius 3 is 2.75 bits per heavy atom. The molecule has 0 aliphatic heterocycles. The molecular formula is C16H12BrNO2. The quantitative estimate of drug-likeness (QED) is 0.784. The highest BCUT2D eigenvalue weighted by atomic mass is 79.9. The molecular weight excluding hydrogens is 318 g/mol. The Morgan fingerprint density at radius 1 is 1.15 bits per heavy atom. The van der Waals surface area contributed by atoms with Crippen LogP contribution in [0.1, 0.15) is 15.9 Å². The minimum atomic E-state index is -0.898. The van der Waals surface area contributed by atoms with Gasteiger partial charge in [0, 0.05) is 28.1 Å². The number of fused-ring (bicyclic) bond motifs is 1. The summed E-state index contributed by atoms with van der Waals surface area (Å²) in [7, 11) is 0. The first-order valence-electron chi connectivity index (χ1n) is 6.21. The fourth-order valence-corrected chi connectivity index (χ4v) is 2.91. The number of benzene rings is 2. The fraction of sp³-hybridized carbons (Fsp3) is 0.0625. The smallest absolute Gasteiger partial charge is 0.335 e. The summed E-state index contributed by atoms with van der Waals surface area (Å²) in [5.41, 5.74) is 2.41. The first-order chi connectivity index (χ1) is 9.65. The summed E-state index contributed by atoms with van der Waals surface area (Å²) < 4.78 is 3.16. The highest BCUT2D eigenvalue weighted by Gasteiger charge is 2.08. The van der Waals surface area contributed by atoms with Gasteiger partial charge < -0.3 is 9.67 Å². The maximum atomic E-state index is 11.0. The molecule has 3 nitrogen and oxygen atoms in total. The second kappa shape index (κ2) is 5.13. The van der Waals surface area contributed by atoms with Gasteiger partial charge in [-0.15, -0.1) is 0 Å². The van der Waals surface area contributed by atoms with E-state index in [-0.39, 0.29) is 0 Å². The third-order valence-electron chi connectivity index (χ3n) is 3.27. The molecule has 2 aromatic carbocycles. The van der Waals surface area contributed by atoms with Gasteiger partial charge in [0.15, 0.2) is 0 Å². The van der Waals surface area contributed by atoms with Crippen LogP contribution < -0.4 is 0 Å². The second-order valence-electron chi connectivity index (χ2n) is 4.63. The van der Waals surface area contributed by atoms with Crippen LogP contribution >= 0.6 is 15.9 Å². The van der Waals surface area contributed by atoms with Gasteiger partial charge in [-0.3, -0.25) is 0 Å². The normalized spacial score (nSPS) is 10.8. The van der Waals surface area contributed by atoms with Crippen molar-refractivity contribution in [3.63, 3.8) is 0 Å². The number of aromatic carboxylic acids is 1. The Balaban J connectivity index is 2.01. The van der Waals surface area contributed by atoms with Crippen LogP contribution in [0.15, 0.2) is 59.2 Å². The van der Waals surface area contributed by atoms with Gasteiger partial charge in [0.2, 0.25) is 0 Å². The molecule has 0 spiro atoms. The zero-order valence-electron chi connectivity index (χ0n) is 10.6. The lowest BCUT2D eigenvalue weighted by Crippen LogP contribution is -2.01. The molecule has 0 aliphatic rings. The molecule has 3 rings (SSSR count). The van der Waals surface area contributed by atoms with Gasteiger partial charge in [-0.25, -0.2) is 4.79 Å². The predicted molar refractivity (Wildman–Crippen MR) is 82.1 cm³/mol. The largest absolute Gasteiger partial charge is 0.478 e. The highest BCUT2D eigenvalue weighted by molar-refractivity contribution is 9.10. The number of halogens is 1. The minimum absolute atomic E-state index is 0.318. The van der Waals surface area contributed by atoms with Crippen molar-refractivity contribution in [2.75, 3.05) is 0 Å². The molecule has 100 valence electrons. The van der Waals surface area contributed by atoms with Crippen molar-refractivity contribution < 1.29 is 9.90 Å². The Bertz CT molecular complexity index is 792. The van der Waals surface area contributed by atoms with E-state index in [0.717, 1.165) is 20.9 Å². The highest BCUT2D eigenvalue weighted by Crippen LogP contribution is 2.26. The lowest BCUT2D eigenvalue weighted by atomic mass is 10.1. The van der Waals surface area contributed by atoms with E-state index < -0.39 is 5.97 Å². The number of hydrogen-bond donors (Lipinski definition) is 1. The summed E-state index contributed by atoms with van der Waals surface area (Å²) in [6, 6.07) is 15.2. The molecule has 0 radical (unpaired) electrons. The monoisotopic (exact) mass is 329 g/mol. The number of carbonyl (C=O) groups is 1. The van der Waals surface area contributed by atoms with Crippen molar-refractivity contribution in [1.82, 2.24) is 4.57 Å². The van der Waals surface area contributed by atoms with Crippen LogP contribution in [0.5, 0.6) is 0 Å². The predicted octanol–water partition coefficient (Wildman–Crippen LogP) is 4.15. The van der Waals surface area contributed by atoms with E-state index in [1.165, 1.54) is 0 Å². The van der Waals surface area contributed by atoms with Gasteiger partial charge in [0.1, 0.15) is 0 Å². The molecule has 1 aromatic heterocycles. The van der Waals surface area contributed by atoms with E-state index >= 15 is 0 Å². The number of carboxylic acids is 1. The van der Waals surface area contributed by atoms with E-state index in [0.29, 0.717) is 12.1 Å². The SMILES string of the molecule is O=C(O)c1cccc(Cn2cc(Br)c3ccccc32)c1. The molecule has 0 atom stereocenters. The number of aromatic nitrogens is 1. The van der Waals surface area contributed by atoms with E-state index in [1.54, 1.807) is 18.2 Å². The van der Waals surface area contributed by atoms with Crippen molar-refractivity contribution in [2.24, 2.45) is 0 Å². The average molecular weight is 330 g/mol. The third-order valence-corrected chi connectivity index (χ3v) is 3.90. The number of nitrogens with zero attached hydrogens (tertiary/aromatic N) is 1. The third kappa shape index (κ3) is 2.34. The molecule has 1 N–H and O–H groups in total. The number of carboxylic acid groups (broad SMARTS) is 1. The molecule has 0 saturated carbocycles. The summed E-state index contributed by atoms with van der Waals surface area (Å²) in [4.78, 5) is 11.0. The van der Waals surface area contributed by atoms with Crippen LogP contribution in [-0.2, 0) is 6.54 Å². The summed E-state index contributed by atoms with van der Waals surface area (Å²) in [6.07, 6.45) is 2.03. The molecule has 3 aromatic rings. The lowest BCUT2D eigenvalue weighted by Gasteiger charge is -2.06. The standard InChI is InChI=1S/C16H12BrNO2/c17-14-10-18(15-7-2-1-6-13(14)15)9-11-4-3-5-12(8-11)16(19)20/h1-8,10H,9H2,(H,19,20). The number of para-hydroxylation sites is 1. The van der Waals surface area contributed by atoms with E-state index in [4.69, 9.17) is 5.11 Å². The molecule has 1 heterocycles. The molecule has 0 bridgehead atoms. The van der Waals surface area contributed by atoms with E-state index in [1.807, 2.05) is 24.4 Å². The van der Waals surface area contributed by atoms with Gasteiger partial charge >= 0.3 is 5.97 Å². The zero-order valence-corrected chi connectivity index (χ0v) is 12.2. The molecule has 0 unspecified atom stereocenters. The molecule has 0 aliphatic carbocycles. The summed E-state index contributed by atoms with van der Waals surface area (Å²) >= 11 is 3.55. The molecule has 4 heteroatoms. The first-order valence-corrected chi connectivity index (χ1v) is 7.00. The summed E-state index contributed by atoms with van der Waals surface area (Å²) in [5, 5.41) is 10.2. The van der Waals surface area contributed by atoms with Crippen LogP contribution in [0, 0.1) is 0 Å². The van der Waals surface area contributed by atoms with Crippen molar-refractivity contribution in [3.8, 4) is 0 Å². The van der Waals surface area contributed by atoms with Crippen molar-refractivity contribution in [2.45, 2.75) is 6.54 Å². The summed E-state index contributed by atoms with van der Waals surface area (Å²) in [6.45, 7) is 0.646. The van der Waals surface area contributed by atoms with Crippen LogP contribution in [0.4, 0.5) is 0 Å². The van der Waals surface area contributed by atoms with Gasteiger partial charge in [0.05, 0.1) is 5.56 Å². The Hall–Kier alpha value is -2.07. The van der Waals surface area contributed by atoms with Crippen molar-refractivity contribution in [1.29, 1.82) is 0 Å². The lowest BCUT2D eigenvalue weighted by molar-refractivity contribution is 0.0696. The van der Waals surface area contributed by atoms with Gasteiger partial charge in [0.25, 0.3) is 0 Å². The Morgan fingerprint density at radius 2 is 1.95 bits per heavy atom. The van der Waals surface area contributed by atoms with Crippen LogP contribution in [-0.4, -0.2) is 15.6 Å².